The fourth-order valence-corrected chi connectivity index (χ4v) is 3.25. The highest BCUT2D eigenvalue weighted by Crippen LogP contribution is 2.27. The van der Waals surface area contributed by atoms with E-state index in [1.165, 1.54) is 5.56 Å². The van der Waals surface area contributed by atoms with Gasteiger partial charge in [-0.15, -0.1) is 0 Å². The van der Waals surface area contributed by atoms with Gasteiger partial charge < -0.3 is 10.2 Å². The second-order valence-corrected chi connectivity index (χ2v) is 6.38. The third-order valence-electron chi connectivity index (χ3n) is 4.35. The number of benzene rings is 2. The van der Waals surface area contributed by atoms with E-state index in [1.807, 2.05) is 18.2 Å². The lowest BCUT2D eigenvalue weighted by molar-refractivity contribution is -0.116. The normalized spacial score (nSPS) is 18.0. The third-order valence-corrected chi connectivity index (χ3v) is 4.68. The number of hydrogen-bond donors (Lipinski definition) is 1. The maximum atomic E-state index is 12.1. The van der Waals surface area contributed by atoms with Crippen LogP contribution in [-0.2, 0) is 4.79 Å². The molecule has 1 fully saturated rings. The zero-order chi connectivity index (χ0) is 16.1. The molecule has 0 bridgehead atoms. The summed E-state index contributed by atoms with van der Waals surface area (Å²) in [6.07, 6.45) is 1.66. The van der Waals surface area contributed by atoms with Gasteiger partial charge in [-0.05, 0) is 36.6 Å². The van der Waals surface area contributed by atoms with Gasteiger partial charge in [0.15, 0.2) is 0 Å². The lowest BCUT2D eigenvalue weighted by Gasteiger charge is -2.16. The Morgan fingerprint density at radius 1 is 1.13 bits per heavy atom. The molecule has 1 aliphatic heterocycles. The second kappa shape index (κ2) is 7.62. The van der Waals surface area contributed by atoms with Crippen LogP contribution in [0.3, 0.4) is 0 Å². The Balaban J connectivity index is 1.46. The first kappa shape index (κ1) is 16.0. The van der Waals surface area contributed by atoms with Crippen molar-refractivity contribution >= 4 is 23.2 Å². The second-order valence-electron chi connectivity index (χ2n) is 5.97. The van der Waals surface area contributed by atoms with Gasteiger partial charge >= 0.3 is 0 Å². The molecule has 0 aromatic heterocycles. The van der Waals surface area contributed by atoms with Gasteiger partial charge in [0.05, 0.1) is 10.7 Å². The molecule has 120 valence electrons. The minimum atomic E-state index is 0.0151. The van der Waals surface area contributed by atoms with Crippen molar-refractivity contribution < 1.29 is 4.79 Å². The summed E-state index contributed by atoms with van der Waals surface area (Å²) in [5, 5.41) is 3.45. The molecule has 0 aliphatic carbocycles. The van der Waals surface area contributed by atoms with Crippen molar-refractivity contribution in [3.63, 3.8) is 0 Å². The number of hydrogen-bond acceptors (Lipinski definition) is 2. The average Bonchev–Trinajstić information content (AvgIpc) is 3.05. The molecule has 1 atom stereocenters. The van der Waals surface area contributed by atoms with E-state index in [2.05, 4.69) is 40.5 Å². The number of carbonyl (C=O) groups excluding carboxylic acids is 1. The quantitative estimate of drug-likeness (QED) is 0.894. The van der Waals surface area contributed by atoms with Gasteiger partial charge in [-0.1, -0.05) is 54.1 Å². The predicted molar refractivity (Wildman–Crippen MR) is 94.9 cm³/mol. The summed E-state index contributed by atoms with van der Waals surface area (Å²) in [6, 6.07) is 17.9. The number of nitrogens with one attached hydrogen (secondary N) is 1. The SMILES string of the molecule is O=C(CCN1CCC(c2ccccc2)C1)Nc1ccccc1Cl. The van der Waals surface area contributed by atoms with Crippen LogP contribution < -0.4 is 5.32 Å². The Hall–Kier alpha value is -1.84. The van der Waals surface area contributed by atoms with Crippen LogP contribution in [0.25, 0.3) is 0 Å². The number of rotatable bonds is 5. The zero-order valence-electron chi connectivity index (χ0n) is 13.0. The number of nitrogens with zero attached hydrogens (tertiary/aromatic N) is 1. The zero-order valence-corrected chi connectivity index (χ0v) is 13.8. The molecule has 0 spiro atoms. The first-order valence-corrected chi connectivity index (χ1v) is 8.42. The molecule has 1 saturated heterocycles. The van der Waals surface area contributed by atoms with Crippen LogP contribution in [0.4, 0.5) is 5.69 Å². The summed E-state index contributed by atoms with van der Waals surface area (Å²) in [6.45, 7) is 2.88. The van der Waals surface area contributed by atoms with Crippen molar-refractivity contribution in [2.45, 2.75) is 18.8 Å². The third kappa shape index (κ3) is 4.34. The van der Waals surface area contributed by atoms with Gasteiger partial charge in [0.25, 0.3) is 0 Å². The Morgan fingerprint density at radius 3 is 2.65 bits per heavy atom. The number of halogens is 1. The van der Waals surface area contributed by atoms with E-state index in [0.717, 1.165) is 26.1 Å². The molecule has 1 aliphatic rings. The first-order valence-electron chi connectivity index (χ1n) is 8.04. The molecule has 3 nitrogen and oxygen atoms in total. The van der Waals surface area contributed by atoms with Crippen molar-refractivity contribution in [2.24, 2.45) is 0 Å². The molecule has 0 saturated carbocycles. The highest BCUT2D eigenvalue weighted by Gasteiger charge is 2.23. The molecule has 2 aromatic carbocycles. The lowest BCUT2D eigenvalue weighted by Crippen LogP contribution is -2.25. The average molecular weight is 329 g/mol. The fraction of sp³-hybridized carbons (Fsp3) is 0.316. The lowest BCUT2D eigenvalue weighted by atomic mass is 9.99. The molecule has 2 aromatic rings. The van der Waals surface area contributed by atoms with Crippen LogP contribution >= 0.6 is 11.6 Å². The van der Waals surface area contributed by atoms with E-state index in [1.54, 1.807) is 6.07 Å². The van der Waals surface area contributed by atoms with Gasteiger partial charge in [-0.2, -0.15) is 0 Å². The summed E-state index contributed by atoms with van der Waals surface area (Å²) in [4.78, 5) is 14.4. The number of anilines is 1. The standard InChI is InChI=1S/C19H21ClN2O/c20-17-8-4-5-9-18(17)21-19(23)11-13-22-12-10-16(14-22)15-6-2-1-3-7-15/h1-9,16H,10-14H2,(H,21,23). The van der Waals surface area contributed by atoms with Crippen molar-refractivity contribution in [1.82, 2.24) is 4.90 Å². The van der Waals surface area contributed by atoms with Gasteiger partial charge in [-0.25, -0.2) is 0 Å². The summed E-state index contributed by atoms with van der Waals surface area (Å²) >= 11 is 6.06. The van der Waals surface area contributed by atoms with Crippen LogP contribution in [0.1, 0.15) is 24.3 Å². The minimum absolute atomic E-state index is 0.0151. The summed E-state index contributed by atoms with van der Waals surface area (Å²) in [5.41, 5.74) is 2.08. The Bertz CT molecular complexity index is 659. The van der Waals surface area contributed by atoms with Crippen molar-refractivity contribution in [3.8, 4) is 0 Å². The summed E-state index contributed by atoms with van der Waals surface area (Å²) < 4.78 is 0. The molecule has 0 radical (unpaired) electrons. The summed E-state index contributed by atoms with van der Waals surface area (Å²) in [7, 11) is 0. The van der Waals surface area contributed by atoms with Crippen LogP contribution in [-0.4, -0.2) is 30.4 Å². The van der Waals surface area contributed by atoms with E-state index in [-0.39, 0.29) is 5.91 Å². The van der Waals surface area contributed by atoms with E-state index in [0.29, 0.717) is 23.0 Å². The van der Waals surface area contributed by atoms with Crippen LogP contribution in [0.2, 0.25) is 5.02 Å². The maximum Gasteiger partial charge on any atom is 0.225 e. The van der Waals surface area contributed by atoms with E-state index < -0.39 is 0 Å². The van der Waals surface area contributed by atoms with Crippen molar-refractivity contribution in [3.05, 3.63) is 65.2 Å². The fourth-order valence-electron chi connectivity index (χ4n) is 3.07. The highest BCUT2D eigenvalue weighted by atomic mass is 35.5. The number of amides is 1. The van der Waals surface area contributed by atoms with Gasteiger partial charge in [0.2, 0.25) is 5.91 Å². The van der Waals surface area contributed by atoms with Crippen LogP contribution in [0, 0.1) is 0 Å². The molecule has 3 rings (SSSR count). The molecular weight excluding hydrogens is 308 g/mol. The Morgan fingerprint density at radius 2 is 1.87 bits per heavy atom. The van der Waals surface area contributed by atoms with Crippen LogP contribution in [0.5, 0.6) is 0 Å². The first-order chi connectivity index (χ1) is 11.2. The number of para-hydroxylation sites is 1. The predicted octanol–water partition coefficient (Wildman–Crippen LogP) is 4.16. The molecule has 23 heavy (non-hydrogen) atoms. The molecule has 1 heterocycles. The molecule has 4 heteroatoms. The molecule has 1 unspecified atom stereocenters. The van der Waals surface area contributed by atoms with Gasteiger partial charge in [0.1, 0.15) is 0 Å². The minimum Gasteiger partial charge on any atom is -0.325 e. The van der Waals surface area contributed by atoms with Crippen LogP contribution in [0.15, 0.2) is 54.6 Å². The van der Waals surface area contributed by atoms with E-state index >= 15 is 0 Å². The maximum absolute atomic E-state index is 12.1. The monoisotopic (exact) mass is 328 g/mol. The number of carbonyl (C=O) groups is 1. The number of likely N-dealkylation sites (tertiary alicyclic amines) is 1. The molecule has 1 amide bonds. The summed E-state index contributed by atoms with van der Waals surface area (Å²) in [5.74, 6) is 0.601. The smallest absolute Gasteiger partial charge is 0.225 e. The Labute approximate surface area is 142 Å². The largest absolute Gasteiger partial charge is 0.325 e. The molecule has 1 N–H and O–H groups in total. The van der Waals surface area contributed by atoms with Crippen molar-refractivity contribution in [1.29, 1.82) is 0 Å². The van der Waals surface area contributed by atoms with Gasteiger partial charge in [-0.3, -0.25) is 4.79 Å². The topological polar surface area (TPSA) is 32.3 Å². The van der Waals surface area contributed by atoms with Gasteiger partial charge in [0, 0.05) is 19.5 Å². The highest BCUT2D eigenvalue weighted by molar-refractivity contribution is 6.33. The van der Waals surface area contributed by atoms with E-state index in [4.69, 9.17) is 11.6 Å². The Kier molecular flexibility index (Phi) is 5.31. The van der Waals surface area contributed by atoms with E-state index in [9.17, 15) is 4.79 Å². The van der Waals surface area contributed by atoms with Crippen molar-refractivity contribution in [2.75, 3.05) is 25.0 Å². The molecular formula is C19H21ClN2O.